The van der Waals surface area contributed by atoms with Crippen LogP contribution in [-0.4, -0.2) is 12.4 Å². The summed E-state index contributed by atoms with van der Waals surface area (Å²) in [7, 11) is 0. The molecule has 2 aliphatic heterocycles. The van der Waals surface area contributed by atoms with Crippen molar-refractivity contribution in [1.82, 2.24) is 0 Å². The highest BCUT2D eigenvalue weighted by Crippen LogP contribution is 2.37. The fraction of sp³-hybridized carbons (Fsp3) is 0.333. The molecule has 1 aromatic carbocycles. The van der Waals surface area contributed by atoms with E-state index in [1.165, 1.54) is 5.56 Å². The Hall–Kier alpha value is -1.09. The van der Waals surface area contributed by atoms with Crippen molar-refractivity contribution >= 4 is 0 Å². The fourth-order valence-corrected chi connectivity index (χ4v) is 1.50. The molecule has 3 heteroatoms. The van der Waals surface area contributed by atoms with Gasteiger partial charge in [-0.25, -0.2) is 0 Å². The van der Waals surface area contributed by atoms with Crippen molar-refractivity contribution in [3.8, 4) is 5.75 Å². The molecule has 1 aromatic rings. The second-order valence-electron chi connectivity index (χ2n) is 2.97. The second kappa shape index (κ2) is 2.45. The largest absolute Gasteiger partial charge is 0.462 e. The molecule has 64 valence electrons. The molecule has 0 aromatic heterocycles. The van der Waals surface area contributed by atoms with Gasteiger partial charge in [0.2, 0.25) is 6.29 Å². The number of hydrogen-bond acceptors (Lipinski definition) is 2. The van der Waals surface area contributed by atoms with Crippen molar-refractivity contribution < 1.29 is 14.2 Å². The van der Waals surface area contributed by atoms with Gasteiger partial charge in [-0.1, -0.05) is 18.2 Å². The molecular formula is C9H9FO2. The first-order valence-corrected chi connectivity index (χ1v) is 3.83. The Morgan fingerprint density at radius 1 is 1.25 bits per heavy atom. The van der Waals surface area contributed by atoms with Gasteiger partial charge >= 0.3 is 0 Å². The summed E-state index contributed by atoms with van der Waals surface area (Å²) in [6.07, 6.45) is 1.41. The smallest absolute Gasteiger partial charge is 0.227 e. The Kier molecular flexibility index (Phi) is 1.54. The first-order valence-electron chi connectivity index (χ1n) is 3.83. The van der Waals surface area contributed by atoms with Crippen LogP contribution in [0, 0.1) is 0 Å². The maximum Gasteiger partial charge on any atom is 0.227 e. The van der Waals surface area contributed by atoms with E-state index < -0.39 is 0 Å². The number of benzene rings is 1. The second-order valence-corrected chi connectivity index (χ2v) is 2.97. The van der Waals surface area contributed by atoms with E-state index in [-0.39, 0.29) is 11.0 Å². The summed E-state index contributed by atoms with van der Waals surface area (Å²) in [4.78, 5) is 0. The van der Waals surface area contributed by atoms with Gasteiger partial charge in [0, 0.05) is 6.42 Å². The van der Waals surface area contributed by atoms with Gasteiger partial charge in [0.1, 0.15) is 11.9 Å². The summed E-state index contributed by atoms with van der Waals surface area (Å²) in [5, 5.41) is 0. The van der Waals surface area contributed by atoms with Crippen LogP contribution in [0.2, 0.25) is 0 Å². The van der Waals surface area contributed by atoms with Gasteiger partial charge in [-0.15, -0.1) is 0 Å². The number of epoxide rings is 1. The molecular weight excluding hydrogens is 159 g/mol. The minimum absolute atomic E-state index is 0. The highest BCUT2D eigenvalue weighted by Gasteiger charge is 2.45. The number of hydrogen-bond donors (Lipinski definition) is 0. The van der Waals surface area contributed by atoms with Crippen LogP contribution in [0.25, 0.3) is 0 Å². The van der Waals surface area contributed by atoms with E-state index in [2.05, 4.69) is 6.07 Å². The van der Waals surface area contributed by atoms with Crippen molar-refractivity contribution in [2.24, 2.45) is 0 Å². The van der Waals surface area contributed by atoms with E-state index in [0.717, 1.165) is 12.2 Å². The third-order valence-corrected chi connectivity index (χ3v) is 2.17. The lowest BCUT2D eigenvalue weighted by molar-refractivity contribution is 0.179. The topological polar surface area (TPSA) is 21.8 Å². The average Bonchev–Trinajstić information content (AvgIpc) is 2.77. The predicted molar refractivity (Wildman–Crippen MR) is 41.9 cm³/mol. The van der Waals surface area contributed by atoms with E-state index in [4.69, 9.17) is 9.47 Å². The Morgan fingerprint density at radius 2 is 2.08 bits per heavy atom. The van der Waals surface area contributed by atoms with Crippen molar-refractivity contribution in [3.05, 3.63) is 29.8 Å². The minimum atomic E-state index is 0. The molecule has 0 saturated carbocycles. The molecule has 2 atom stereocenters. The third-order valence-electron chi connectivity index (χ3n) is 2.17. The van der Waals surface area contributed by atoms with Crippen LogP contribution in [0.3, 0.4) is 0 Å². The molecule has 0 aliphatic carbocycles. The highest BCUT2D eigenvalue weighted by atomic mass is 19.0. The lowest BCUT2D eigenvalue weighted by atomic mass is 10.1. The first kappa shape index (κ1) is 7.55. The zero-order valence-corrected chi connectivity index (χ0v) is 6.40. The number of halogens is 1. The highest BCUT2D eigenvalue weighted by molar-refractivity contribution is 5.36. The number of rotatable bonds is 0. The van der Waals surface area contributed by atoms with Gasteiger partial charge in [-0.3, -0.25) is 4.70 Å². The normalized spacial score (nSPS) is 29.0. The molecule has 0 spiro atoms. The van der Waals surface area contributed by atoms with Crippen LogP contribution in [0.1, 0.15) is 5.56 Å². The monoisotopic (exact) mass is 168 g/mol. The molecule has 3 rings (SSSR count). The van der Waals surface area contributed by atoms with Crippen LogP contribution in [0.15, 0.2) is 24.3 Å². The molecule has 1 saturated heterocycles. The molecule has 1 fully saturated rings. The Morgan fingerprint density at radius 3 is 3.00 bits per heavy atom. The summed E-state index contributed by atoms with van der Waals surface area (Å²) >= 11 is 0. The summed E-state index contributed by atoms with van der Waals surface area (Å²) in [6.45, 7) is 0. The summed E-state index contributed by atoms with van der Waals surface area (Å²) in [5.41, 5.74) is 1.27. The van der Waals surface area contributed by atoms with E-state index in [9.17, 15) is 0 Å². The molecule has 0 amide bonds. The SMILES string of the molecule is F.c1ccc2c(c1)CC1OC1O2. The lowest BCUT2D eigenvalue weighted by Crippen LogP contribution is -2.12. The molecule has 2 aliphatic rings. The number of fused-ring (bicyclic) bond motifs is 2. The van der Waals surface area contributed by atoms with E-state index in [1.807, 2.05) is 18.2 Å². The molecule has 0 radical (unpaired) electrons. The standard InChI is InChI=1S/C9H8O2.FH/c1-2-4-7-6(3-1)5-8-9(10-7)11-8;/h1-4,8-9H,5H2;1H. The first-order chi connectivity index (χ1) is 5.43. The quantitative estimate of drug-likeness (QED) is 0.547. The van der Waals surface area contributed by atoms with E-state index >= 15 is 0 Å². The van der Waals surface area contributed by atoms with Crippen LogP contribution in [0.5, 0.6) is 5.75 Å². The molecule has 0 N–H and O–H groups in total. The average molecular weight is 168 g/mol. The van der Waals surface area contributed by atoms with Crippen LogP contribution in [-0.2, 0) is 11.2 Å². The third kappa shape index (κ3) is 0.975. The van der Waals surface area contributed by atoms with E-state index in [1.54, 1.807) is 0 Å². The zero-order valence-electron chi connectivity index (χ0n) is 6.40. The summed E-state index contributed by atoms with van der Waals surface area (Å²) < 4.78 is 10.7. The predicted octanol–water partition coefficient (Wildman–Crippen LogP) is 1.50. The fourth-order valence-electron chi connectivity index (χ4n) is 1.50. The van der Waals surface area contributed by atoms with Crippen LogP contribution < -0.4 is 4.74 Å². The van der Waals surface area contributed by atoms with E-state index in [0.29, 0.717) is 6.10 Å². The van der Waals surface area contributed by atoms with Gasteiger partial charge < -0.3 is 9.47 Å². The number of ether oxygens (including phenoxy) is 2. The molecule has 2 unspecified atom stereocenters. The van der Waals surface area contributed by atoms with Gasteiger partial charge in [0.05, 0.1) is 0 Å². The minimum Gasteiger partial charge on any atom is -0.462 e. The van der Waals surface area contributed by atoms with Crippen molar-refractivity contribution in [2.45, 2.75) is 18.8 Å². The maximum atomic E-state index is 5.48. The summed E-state index contributed by atoms with van der Waals surface area (Å²) in [5.74, 6) is 0.992. The molecule has 12 heavy (non-hydrogen) atoms. The van der Waals surface area contributed by atoms with Crippen molar-refractivity contribution in [3.63, 3.8) is 0 Å². The molecule has 2 heterocycles. The molecule has 2 nitrogen and oxygen atoms in total. The van der Waals surface area contributed by atoms with Crippen LogP contribution in [0.4, 0.5) is 4.70 Å². The van der Waals surface area contributed by atoms with Gasteiger partial charge in [-0.05, 0) is 11.6 Å². The van der Waals surface area contributed by atoms with Gasteiger partial charge in [0.25, 0.3) is 0 Å². The summed E-state index contributed by atoms with van der Waals surface area (Å²) in [6, 6.07) is 8.10. The zero-order chi connectivity index (χ0) is 7.26. The Labute approximate surface area is 69.5 Å². The maximum absolute atomic E-state index is 5.48. The molecule has 0 bridgehead atoms. The van der Waals surface area contributed by atoms with Crippen molar-refractivity contribution in [1.29, 1.82) is 0 Å². The van der Waals surface area contributed by atoms with Gasteiger partial charge in [-0.2, -0.15) is 0 Å². The lowest BCUT2D eigenvalue weighted by Gasteiger charge is -2.11. The Balaban J connectivity index is 0.000000563. The van der Waals surface area contributed by atoms with Crippen LogP contribution >= 0.6 is 0 Å². The van der Waals surface area contributed by atoms with Crippen molar-refractivity contribution in [2.75, 3.05) is 0 Å². The Bertz CT molecular complexity index is 271. The van der Waals surface area contributed by atoms with Gasteiger partial charge in [0.15, 0.2) is 0 Å². The number of para-hydroxylation sites is 1.